The summed E-state index contributed by atoms with van der Waals surface area (Å²) in [7, 11) is 0. The summed E-state index contributed by atoms with van der Waals surface area (Å²) in [6, 6.07) is 14.7. The Hall–Kier alpha value is -2.46. The molecule has 0 radical (unpaired) electrons. The van der Waals surface area contributed by atoms with Crippen molar-refractivity contribution < 1.29 is 4.79 Å². The van der Waals surface area contributed by atoms with Crippen LogP contribution in [0.25, 0.3) is 21.7 Å². The number of hydrogen-bond donors (Lipinski definition) is 1. The van der Waals surface area contributed by atoms with Gasteiger partial charge in [-0.2, -0.15) is 0 Å². The fraction of sp³-hybridized carbons (Fsp3) is 0.238. The smallest absolute Gasteiger partial charge is 0.252 e. The van der Waals surface area contributed by atoms with E-state index in [1.807, 2.05) is 18.3 Å². The van der Waals surface area contributed by atoms with Crippen LogP contribution >= 0.6 is 11.3 Å². The summed E-state index contributed by atoms with van der Waals surface area (Å²) in [5.41, 5.74) is 5.35. The van der Waals surface area contributed by atoms with Gasteiger partial charge < -0.3 is 5.32 Å². The highest BCUT2D eigenvalue weighted by Gasteiger charge is 2.20. The molecule has 4 rings (SSSR count). The number of fused-ring (bicyclic) bond motifs is 1. The summed E-state index contributed by atoms with van der Waals surface area (Å²) >= 11 is 1.71. The summed E-state index contributed by atoms with van der Waals surface area (Å²) in [4.78, 5) is 18.8. The number of pyridine rings is 1. The Labute approximate surface area is 151 Å². The van der Waals surface area contributed by atoms with Crippen molar-refractivity contribution in [1.82, 2.24) is 10.3 Å². The van der Waals surface area contributed by atoms with E-state index in [0.29, 0.717) is 5.92 Å². The number of carbonyl (C=O) groups excluding carboxylic acids is 1. The molecule has 0 spiro atoms. The van der Waals surface area contributed by atoms with Crippen molar-refractivity contribution in [2.24, 2.45) is 0 Å². The van der Waals surface area contributed by atoms with Crippen molar-refractivity contribution in [2.45, 2.75) is 26.2 Å². The van der Waals surface area contributed by atoms with Gasteiger partial charge in [0.25, 0.3) is 5.91 Å². The first-order chi connectivity index (χ1) is 12.1. The zero-order valence-corrected chi connectivity index (χ0v) is 15.2. The van der Waals surface area contributed by atoms with E-state index in [2.05, 4.69) is 54.5 Å². The van der Waals surface area contributed by atoms with Gasteiger partial charge in [-0.3, -0.25) is 9.78 Å². The van der Waals surface area contributed by atoms with Crippen molar-refractivity contribution >= 4 is 17.2 Å². The highest BCUT2D eigenvalue weighted by molar-refractivity contribution is 7.15. The predicted octanol–water partition coefficient (Wildman–Crippen LogP) is 4.89. The maximum atomic E-state index is 12.0. The third-order valence-corrected chi connectivity index (χ3v) is 5.85. The molecule has 0 saturated heterocycles. The first kappa shape index (κ1) is 16.0. The summed E-state index contributed by atoms with van der Waals surface area (Å²) < 4.78 is 0. The van der Waals surface area contributed by atoms with E-state index >= 15 is 0 Å². The number of carbonyl (C=O) groups is 1. The standard InChI is InChI=1S/C21H20N2OS/c1-13(2)14-3-5-15(6-4-14)18-11-16(7-9-22-18)20-12-17-19(25-20)8-10-23-21(17)24/h3-7,9,11-13H,8,10H2,1-2H3,(H,23,24). The number of amides is 1. The van der Waals surface area contributed by atoms with Crippen LogP contribution in [0.15, 0.2) is 48.7 Å². The van der Waals surface area contributed by atoms with Gasteiger partial charge >= 0.3 is 0 Å². The lowest BCUT2D eigenvalue weighted by atomic mass is 10.00. The molecule has 0 atom stereocenters. The maximum absolute atomic E-state index is 12.0. The van der Waals surface area contributed by atoms with Crippen molar-refractivity contribution in [3.63, 3.8) is 0 Å². The van der Waals surface area contributed by atoms with E-state index in [1.54, 1.807) is 11.3 Å². The van der Waals surface area contributed by atoms with Gasteiger partial charge in [-0.15, -0.1) is 11.3 Å². The molecule has 1 aliphatic rings. The fourth-order valence-corrected chi connectivity index (χ4v) is 4.27. The Morgan fingerprint density at radius 1 is 1.08 bits per heavy atom. The van der Waals surface area contributed by atoms with Gasteiger partial charge in [0.1, 0.15) is 0 Å². The van der Waals surface area contributed by atoms with Crippen LogP contribution in [-0.4, -0.2) is 17.4 Å². The molecule has 0 unspecified atom stereocenters. The van der Waals surface area contributed by atoms with Crippen LogP contribution < -0.4 is 5.32 Å². The topological polar surface area (TPSA) is 42.0 Å². The molecule has 2 aromatic heterocycles. The van der Waals surface area contributed by atoms with Crippen LogP contribution in [-0.2, 0) is 6.42 Å². The van der Waals surface area contributed by atoms with Crippen LogP contribution in [0, 0.1) is 0 Å². The lowest BCUT2D eigenvalue weighted by molar-refractivity contribution is 0.0947. The van der Waals surface area contributed by atoms with Gasteiger partial charge in [0.2, 0.25) is 0 Å². The SMILES string of the molecule is CC(C)c1ccc(-c2cc(-c3cc4c(s3)CCNC4=O)ccn2)cc1. The van der Waals surface area contributed by atoms with Crippen LogP contribution in [0.5, 0.6) is 0 Å². The largest absolute Gasteiger partial charge is 0.352 e. The van der Waals surface area contributed by atoms with Gasteiger partial charge in [-0.25, -0.2) is 0 Å². The van der Waals surface area contributed by atoms with Gasteiger partial charge in [0.15, 0.2) is 0 Å². The molecule has 4 heteroatoms. The fourth-order valence-electron chi connectivity index (χ4n) is 3.11. The Bertz CT molecular complexity index is 925. The van der Waals surface area contributed by atoms with Crippen molar-refractivity contribution in [1.29, 1.82) is 0 Å². The van der Waals surface area contributed by atoms with E-state index < -0.39 is 0 Å². The van der Waals surface area contributed by atoms with Crippen molar-refractivity contribution in [3.05, 3.63) is 64.7 Å². The molecule has 1 N–H and O–H groups in total. The lowest BCUT2D eigenvalue weighted by Crippen LogP contribution is -2.30. The van der Waals surface area contributed by atoms with Gasteiger partial charge in [-0.05, 0) is 41.7 Å². The van der Waals surface area contributed by atoms with E-state index in [1.165, 1.54) is 10.4 Å². The Morgan fingerprint density at radius 2 is 1.88 bits per heavy atom. The van der Waals surface area contributed by atoms with Gasteiger partial charge in [-0.1, -0.05) is 38.1 Å². The van der Waals surface area contributed by atoms with Crippen LogP contribution in [0.4, 0.5) is 0 Å². The molecule has 3 heterocycles. The second-order valence-electron chi connectivity index (χ2n) is 6.66. The Balaban J connectivity index is 1.69. The van der Waals surface area contributed by atoms with Crippen LogP contribution in [0.3, 0.4) is 0 Å². The molecule has 0 aliphatic carbocycles. The highest BCUT2D eigenvalue weighted by atomic mass is 32.1. The number of nitrogens with zero attached hydrogens (tertiary/aromatic N) is 1. The van der Waals surface area contributed by atoms with Gasteiger partial charge in [0.05, 0.1) is 11.3 Å². The molecule has 3 nitrogen and oxygen atoms in total. The number of aromatic nitrogens is 1. The first-order valence-corrected chi connectivity index (χ1v) is 9.41. The van der Waals surface area contributed by atoms with Gasteiger partial charge in [0, 0.05) is 28.1 Å². The second-order valence-corrected chi connectivity index (χ2v) is 7.80. The normalized spacial score (nSPS) is 13.6. The number of thiophene rings is 1. The Morgan fingerprint density at radius 3 is 2.60 bits per heavy atom. The number of rotatable bonds is 3. The van der Waals surface area contributed by atoms with E-state index in [0.717, 1.165) is 40.2 Å². The summed E-state index contributed by atoms with van der Waals surface area (Å²) in [6.45, 7) is 5.13. The highest BCUT2D eigenvalue weighted by Crippen LogP contribution is 2.34. The predicted molar refractivity (Wildman–Crippen MR) is 103 cm³/mol. The number of benzene rings is 1. The second kappa shape index (κ2) is 6.45. The summed E-state index contributed by atoms with van der Waals surface area (Å²) in [5.74, 6) is 0.569. The molecule has 1 aromatic carbocycles. The van der Waals surface area contributed by atoms with Crippen LogP contribution in [0.2, 0.25) is 0 Å². The average molecular weight is 348 g/mol. The summed E-state index contributed by atoms with van der Waals surface area (Å²) in [6.07, 6.45) is 2.76. The first-order valence-electron chi connectivity index (χ1n) is 8.59. The average Bonchev–Trinajstić information content (AvgIpc) is 3.08. The zero-order valence-electron chi connectivity index (χ0n) is 14.4. The maximum Gasteiger partial charge on any atom is 0.252 e. The zero-order chi connectivity index (χ0) is 17.4. The van der Waals surface area contributed by atoms with Crippen LogP contribution in [0.1, 0.15) is 40.6 Å². The van der Waals surface area contributed by atoms with E-state index in [-0.39, 0.29) is 5.91 Å². The molecule has 1 amide bonds. The molecule has 3 aromatic rings. The molecule has 1 aliphatic heterocycles. The minimum absolute atomic E-state index is 0.0438. The third kappa shape index (κ3) is 3.10. The monoisotopic (exact) mass is 348 g/mol. The lowest BCUT2D eigenvalue weighted by Gasteiger charge is -2.10. The van der Waals surface area contributed by atoms with E-state index in [9.17, 15) is 4.79 Å². The Kier molecular flexibility index (Phi) is 4.14. The quantitative estimate of drug-likeness (QED) is 0.732. The molecular formula is C21H20N2OS. The summed E-state index contributed by atoms with van der Waals surface area (Å²) in [5, 5.41) is 2.91. The van der Waals surface area contributed by atoms with E-state index in [4.69, 9.17) is 0 Å². The molecule has 0 bridgehead atoms. The molecule has 126 valence electrons. The number of hydrogen-bond acceptors (Lipinski definition) is 3. The van der Waals surface area contributed by atoms with Crippen molar-refractivity contribution in [3.8, 4) is 21.7 Å². The molecule has 0 fully saturated rings. The molecular weight excluding hydrogens is 328 g/mol. The molecule has 0 saturated carbocycles. The van der Waals surface area contributed by atoms with Crippen molar-refractivity contribution in [2.75, 3.05) is 6.54 Å². The minimum atomic E-state index is 0.0438. The minimum Gasteiger partial charge on any atom is -0.352 e. The number of nitrogens with one attached hydrogen (secondary N) is 1. The molecule has 25 heavy (non-hydrogen) atoms. The third-order valence-electron chi connectivity index (χ3n) is 4.61.